The molecule has 7 nitrogen and oxygen atoms in total. The molecule has 0 bridgehead atoms. The van der Waals surface area contributed by atoms with Crippen molar-refractivity contribution >= 4 is 22.9 Å². The standard InChI is InChI=1S/C23H36N4O3/c1-6-27(7-2)14-10-13-24-21(28)20(26-22(29)30-23(3,4)5)15-17-16-25-19-12-9-8-11-18(17)19/h8-9,11-12,16,20,25H,6-7,10,13-15H2,1-5H3,(H,24,28)(H,26,29)/t20-/m1/s1. The number of aromatic nitrogens is 1. The molecule has 0 aliphatic rings. The molecule has 30 heavy (non-hydrogen) atoms. The summed E-state index contributed by atoms with van der Waals surface area (Å²) in [4.78, 5) is 30.8. The second-order valence-electron chi connectivity index (χ2n) is 8.43. The van der Waals surface area contributed by atoms with E-state index in [2.05, 4.69) is 34.4 Å². The van der Waals surface area contributed by atoms with Crippen molar-refractivity contribution in [1.29, 1.82) is 0 Å². The van der Waals surface area contributed by atoms with Crippen molar-refractivity contribution in [1.82, 2.24) is 20.5 Å². The van der Waals surface area contributed by atoms with E-state index in [0.29, 0.717) is 13.0 Å². The van der Waals surface area contributed by atoms with Crippen LogP contribution in [0, 0.1) is 0 Å². The molecule has 7 heteroatoms. The van der Waals surface area contributed by atoms with Gasteiger partial charge in [-0.3, -0.25) is 4.79 Å². The van der Waals surface area contributed by atoms with Gasteiger partial charge in [0.2, 0.25) is 5.91 Å². The quantitative estimate of drug-likeness (QED) is 0.518. The zero-order chi connectivity index (χ0) is 22.1. The molecule has 3 N–H and O–H groups in total. The third-order valence-electron chi connectivity index (χ3n) is 4.95. The number of benzene rings is 1. The van der Waals surface area contributed by atoms with Crippen LogP contribution in [0.15, 0.2) is 30.5 Å². The smallest absolute Gasteiger partial charge is 0.408 e. The van der Waals surface area contributed by atoms with Crippen LogP contribution in [-0.2, 0) is 16.0 Å². The van der Waals surface area contributed by atoms with Crippen LogP contribution in [0.25, 0.3) is 10.9 Å². The number of carbonyl (C=O) groups excluding carboxylic acids is 2. The van der Waals surface area contributed by atoms with Crippen molar-refractivity contribution in [2.24, 2.45) is 0 Å². The number of ether oxygens (including phenoxy) is 1. The second kappa shape index (κ2) is 11.0. The van der Waals surface area contributed by atoms with Crippen LogP contribution >= 0.6 is 0 Å². The van der Waals surface area contributed by atoms with Crippen molar-refractivity contribution in [2.45, 2.75) is 59.1 Å². The zero-order valence-corrected chi connectivity index (χ0v) is 18.9. The summed E-state index contributed by atoms with van der Waals surface area (Å²) in [5.74, 6) is -0.203. The number of hydrogen-bond donors (Lipinski definition) is 3. The van der Waals surface area contributed by atoms with E-state index >= 15 is 0 Å². The number of aromatic amines is 1. The highest BCUT2D eigenvalue weighted by Crippen LogP contribution is 2.19. The largest absolute Gasteiger partial charge is 0.444 e. The van der Waals surface area contributed by atoms with Gasteiger partial charge in [0, 0.05) is 30.1 Å². The number of hydrogen-bond acceptors (Lipinski definition) is 4. The van der Waals surface area contributed by atoms with Gasteiger partial charge in [-0.1, -0.05) is 32.0 Å². The molecular formula is C23H36N4O3. The van der Waals surface area contributed by atoms with E-state index in [9.17, 15) is 9.59 Å². The molecular weight excluding hydrogens is 380 g/mol. The Hall–Kier alpha value is -2.54. The predicted octanol–water partition coefficient (Wildman–Crippen LogP) is 3.45. The van der Waals surface area contributed by atoms with Crippen molar-refractivity contribution in [3.8, 4) is 0 Å². The molecule has 0 saturated heterocycles. The van der Waals surface area contributed by atoms with Crippen LogP contribution in [0.3, 0.4) is 0 Å². The second-order valence-corrected chi connectivity index (χ2v) is 8.43. The van der Waals surface area contributed by atoms with Gasteiger partial charge in [0.1, 0.15) is 11.6 Å². The summed E-state index contributed by atoms with van der Waals surface area (Å²) in [5, 5.41) is 6.76. The highest BCUT2D eigenvalue weighted by molar-refractivity contribution is 5.88. The number of carbonyl (C=O) groups is 2. The predicted molar refractivity (Wildman–Crippen MR) is 121 cm³/mol. The third-order valence-corrected chi connectivity index (χ3v) is 4.95. The zero-order valence-electron chi connectivity index (χ0n) is 18.9. The molecule has 0 aliphatic carbocycles. The normalized spacial score (nSPS) is 12.7. The van der Waals surface area contributed by atoms with Gasteiger partial charge < -0.3 is 25.3 Å². The minimum Gasteiger partial charge on any atom is -0.444 e. The summed E-state index contributed by atoms with van der Waals surface area (Å²) in [6.45, 7) is 13.1. The fourth-order valence-corrected chi connectivity index (χ4v) is 3.36. The Balaban J connectivity index is 2.04. The van der Waals surface area contributed by atoms with Gasteiger partial charge in [0.05, 0.1) is 0 Å². The van der Waals surface area contributed by atoms with Gasteiger partial charge in [0.25, 0.3) is 0 Å². The molecule has 0 radical (unpaired) electrons. The first-order valence-electron chi connectivity index (χ1n) is 10.8. The fourth-order valence-electron chi connectivity index (χ4n) is 3.36. The van der Waals surface area contributed by atoms with Crippen LogP contribution in [0.4, 0.5) is 4.79 Å². The van der Waals surface area contributed by atoms with Crippen LogP contribution in [-0.4, -0.2) is 59.7 Å². The molecule has 0 fully saturated rings. The highest BCUT2D eigenvalue weighted by Gasteiger charge is 2.25. The number of alkyl carbamates (subject to hydrolysis) is 1. The van der Waals surface area contributed by atoms with E-state index in [4.69, 9.17) is 4.74 Å². The first kappa shape index (κ1) is 23.7. The van der Waals surface area contributed by atoms with E-state index in [-0.39, 0.29) is 5.91 Å². The molecule has 2 aromatic rings. The van der Waals surface area contributed by atoms with E-state index in [1.54, 1.807) is 20.8 Å². The van der Waals surface area contributed by atoms with Crippen molar-refractivity contribution in [2.75, 3.05) is 26.2 Å². The minimum atomic E-state index is -0.715. The summed E-state index contributed by atoms with van der Waals surface area (Å²) in [7, 11) is 0. The Morgan fingerprint density at radius 3 is 2.53 bits per heavy atom. The number of nitrogens with one attached hydrogen (secondary N) is 3. The number of nitrogens with zero attached hydrogens (tertiary/aromatic N) is 1. The van der Waals surface area contributed by atoms with Crippen molar-refractivity contribution in [3.63, 3.8) is 0 Å². The monoisotopic (exact) mass is 416 g/mol. The SMILES string of the molecule is CCN(CC)CCCNC(=O)[C@@H](Cc1c[nH]c2ccccc12)NC(=O)OC(C)(C)C. The summed E-state index contributed by atoms with van der Waals surface area (Å²) in [5.41, 5.74) is 1.35. The van der Waals surface area contributed by atoms with Gasteiger partial charge in [0.15, 0.2) is 0 Å². The molecule has 1 aromatic heterocycles. The van der Waals surface area contributed by atoms with Gasteiger partial charge in [-0.2, -0.15) is 0 Å². The molecule has 0 unspecified atom stereocenters. The Morgan fingerprint density at radius 1 is 1.17 bits per heavy atom. The molecule has 1 aromatic carbocycles. The Labute approximate surface area is 179 Å². The summed E-state index contributed by atoms with van der Waals surface area (Å²) in [6, 6.07) is 7.20. The Morgan fingerprint density at radius 2 is 1.87 bits per heavy atom. The molecule has 2 rings (SSSR count). The first-order chi connectivity index (χ1) is 14.2. The van der Waals surface area contributed by atoms with E-state index < -0.39 is 17.7 Å². The maximum atomic E-state index is 12.9. The molecule has 1 atom stereocenters. The lowest BCUT2D eigenvalue weighted by molar-refractivity contribution is -0.123. The fraction of sp³-hybridized carbons (Fsp3) is 0.565. The number of amides is 2. The molecule has 0 spiro atoms. The molecule has 0 aliphatic heterocycles. The number of rotatable bonds is 10. The van der Waals surface area contributed by atoms with E-state index in [1.165, 1.54) is 0 Å². The van der Waals surface area contributed by atoms with Crippen LogP contribution < -0.4 is 10.6 Å². The number of H-pyrrole nitrogens is 1. The van der Waals surface area contributed by atoms with E-state index in [0.717, 1.165) is 42.5 Å². The number of para-hydroxylation sites is 1. The lowest BCUT2D eigenvalue weighted by Gasteiger charge is -2.23. The van der Waals surface area contributed by atoms with Gasteiger partial charge in [-0.05, 0) is 58.5 Å². The summed E-state index contributed by atoms with van der Waals surface area (Å²) < 4.78 is 5.37. The number of fused-ring (bicyclic) bond motifs is 1. The molecule has 166 valence electrons. The summed E-state index contributed by atoms with van der Waals surface area (Å²) >= 11 is 0. The Kier molecular flexibility index (Phi) is 8.72. The van der Waals surface area contributed by atoms with Crippen LogP contribution in [0.5, 0.6) is 0 Å². The van der Waals surface area contributed by atoms with Crippen LogP contribution in [0.2, 0.25) is 0 Å². The first-order valence-corrected chi connectivity index (χ1v) is 10.8. The lowest BCUT2D eigenvalue weighted by atomic mass is 10.0. The average Bonchev–Trinajstić information content (AvgIpc) is 3.09. The van der Waals surface area contributed by atoms with Gasteiger partial charge in [-0.25, -0.2) is 4.79 Å². The van der Waals surface area contributed by atoms with E-state index in [1.807, 2.05) is 30.5 Å². The molecule has 0 saturated carbocycles. The molecule has 1 heterocycles. The lowest BCUT2D eigenvalue weighted by Crippen LogP contribution is -2.49. The maximum Gasteiger partial charge on any atom is 0.408 e. The summed E-state index contributed by atoms with van der Waals surface area (Å²) in [6.07, 6.45) is 2.54. The van der Waals surface area contributed by atoms with Crippen molar-refractivity contribution < 1.29 is 14.3 Å². The van der Waals surface area contributed by atoms with Crippen LogP contribution in [0.1, 0.15) is 46.6 Å². The Bertz CT molecular complexity index is 821. The van der Waals surface area contributed by atoms with Gasteiger partial charge in [-0.15, -0.1) is 0 Å². The third kappa shape index (κ3) is 7.37. The molecule has 2 amide bonds. The highest BCUT2D eigenvalue weighted by atomic mass is 16.6. The minimum absolute atomic E-state index is 0.203. The topological polar surface area (TPSA) is 86.5 Å². The average molecular weight is 417 g/mol. The van der Waals surface area contributed by atoms with Crippen molar-refractivity contribution in [3.05, 3.63) is 36.0 Å². The maximum absolute atomic E-state index is 12.9. The van der Waals surface area contributed by atoms with Gasteiger partial charge >= 0.3 is 6.09 Å².